The van der Waals surface area contributed by atoms with Crippen molar-refractivity contribution in [3.8, 4) is 5.75 Å². The molecule has 0 amide bonds. The predicted molar refractivity (Wildman–Crippen MR) is 83.9 cm³/mol. The van der Waals surface area contributed by atoms with E-state index in [0.717, 1.165) is 22.6 Å². The fraction of sp³-hybridized carbons (Fsp3) is 0.250. The lowest BCUT2D eigenvalue weighted by Gasteiger charge is -2.06. The molecular weight excluding hydrogens is 288 g/mol. The molecule has 0 bridgehead atoms. The Morgan fingerprint density at radius 1 is 1.48 bits per heavy atom. The van der Waals surface area contributed by atoms with Crippen LogP contribution >= 0.6 is 11.6 Å². The van der Waals surface area contributed by atoms with Gasteiger partial charge in [0, 0.05) is 18.3 Å². The third-order valence-corrected chi connectivity index (χ3v) is 3.66. The summed E-state index contributed by atoms with van der Waals surface area (Å²) in [5.41, 5.74) is 3.26. The molecule has 1 aromatic carbocycles. The molecule has 2 rings (SSSR count). The van der Waals surface area contributed by atoms with Crippen molar-refractivity contribution in [2.75, 3.05) is 7.11 Å². The highest BCUT2D eigenvalue weighted by atomic mass is 35.5. The monoisotopic (exact) mass is 304 g/mol. The summed E-state index contributed by atoms with van der Waals surface area (Å²) in [6.45, 7) is 1.87. The third kappa shape index (κ3) is 3.34. The molecule has 21 heavy (non-hydrogen) atoms. The molecule has 0 unspecified atom stereocenters. The van der Waals surface area contributed by atoms with E-state index < -0.39 is 0 Å². The maximum absolute atomic E-state index is 12.1. The first-order valence-corrected chi connectivity index (χ1v) is 7.04. The molecular formula is C16H17ClN2O2. The molecule has 4 nitrogen and oxygen atoms in total. The maximum atomic E-state index is 12.1. The van der Waals surface area contributed by atoms with Crippen molar-refractivity contribution < 1.29 is 9.53 Å². The number of allylic oxidation sites excluding steroid dienone is 1. The van der Waals surface area contributed by atoms with Crippen LogP contribution in [0, 0.1) is 6.92 Å². The number of benzene rings is 1. The molecule has 0 aliphatic rings. The Bertz CT molecular complexity index is 690. The molecule has 0 saturated heterocycles. The first kappa shape index (κ1) is 15.3. The number of ether oxygens (including phenoxy) is 1. The number of hydrogen-bond donors (Lipinski definition) is 0. The number of aryl methyl sites for hydroxylation is 1. The van der Waals surface area contributed by atoms with Gasteiger partial charge in [0.15, 0.2) is 5.78 Å². The lowest BCUT2D eigenvalue weighted by molar-refractivity contribution is 0.104. The fourth-order valence-corrected chi connectivity index (χ4v) is 2.22. The van der Waals surface area contributed by atoms with E-state index in [9.17, 15) is 4.79 Å². The Kier molecular flexibility index (Phi) is 4.81. The van der Waals surface area contributed by atoms with Crippen LogP contribution < -0.4 is 4.74 Å². The molecule has 0 fully saturated rings. The SMILES string of the molecule is COc1ccc(/C=C/C(=O)c2cnn(C)c2C)cc1CCl. The van der Waals surface area contributed by atoms with Crippen molar-refractivity contribution in [1.29, 1.82) is 0 Å². The molecule has 0 atom stereocenters. The smallest absolute Gasteiger partial charge is 0.189 e. The zero-order chi connectivity index (χ0) is 15.4. The predicted octanol–water partition coefficient (Wildman–Crippen LogP) is 3.37. The Hall–Kier alpha value is -2.07. The van der Waals surface area contributed by atoms with Crippen LogP contribution in [0.2, 0.25) is 0 Å². The van der Waals surface area contributed by atoms with Gasteiger partial charge in [-0.3, -0.25) is 9.48 Å². The van der Waals surface area contributed by atoms with E-state index in [-0.39, 0.29) is 5.78 Å². The highest BCUT2D eigenvalue weighted by Gasteiger charge is 2.09. The van der Waals surface area contributed by atoms with Gasteiger partial charge in [-0.2, -0.15) is 5.10 Å². The van der Waals surface area contributed by atoms with Crippen LogP contribution in [-0.2, 0) is 12.9 Å². The van der Waals surface area contributed by atoms with Crippen molar-refractivity contribution in [2.24, 2.45) is 7.05 Å². The third-order valence-electron chi connectivity index (χ3n) is 3.38. The van der Waals surface area contributed by atoms with Crippen LogP contribution in [0.1, 0.15) is 27.2 Å². The van der Waals surface area contributed by atoms with Gasteiger partial charge < -0.3 is 4.74 Å². The summed E-state index contributed by atoms with van der Waals surface area (Å²) in [4.78, 5) is 12.1. The van der Waals surface area contributed by atoms with Crippen LogP contribution in [0.25, 0.3) is 6.08 Å². The number of carbonyl (C=O) groups is 1. The molecule has 110 valence electrons. The molecule has 1 heterocycles. The molecule has 0 N–H and O–H groups in total. The summed E-state index contributed by atoms with van der Waals surface area (Å²) in [6, 6.07) is 5.64. The number of halogens is 1. The van der Waals surface area contributed by atoms with Crippen LogP contribution in [-0.4, -0.2) is 22.7 Å². The number of nitrogens with zero attached hydrogens (tertiary/aromatic N) is 2. The lowest BCUT2D eigenvalue weighted by atomic mass is 10.1. The lowest BCUT2D eigenvalue weighted by Crippen LogP contribution is -1.98. The number of ketones is 1. The van der Waals surface area contributed by atoms with Crippen molar-refractivity contribution >= 4 is 23.5 Å². The number of carbonyl (C=O) groups excluding carboxylic acids is 1. The summed E-state index contributed by atoms with van der Waals surface area (Å²) in [5, 5.41) is 4.07. The van der Waals surface area contributed by atoms with Crippen molar-refractivity contribution in [3.63, 3.8) is 0 Å². The standard InChI is InChI=1S/C16H17ClN2O2/c1-11-14(10-18-19(11)2)15(20)6-4-12-5-7-16(21-3)13(8-12)9-17/h4-8,10H,9H2,1-3H3/b6-4+. The molecule has 0 spiro atoms. The minimum absolute atomic E-state index is 0.0659. The largest absolute Gasteiger partial charge is 0.496 e. The van der Waals surface area contributed by atoms with Crippen LogP contribution in [0.4, 0.5) is 0 Å². The van der Waals surface area contributed by atoms with E-state index in [4.69, 9.17) is 16.3 Å². The number of alkyl halides is 1. The maximum Gasteiger partial charge on any atom is 0.189 e. The Morgan fingerprint density at radius 2 is 2.24 bits per heavy atom. The topological polar surface area (TPSA) is 44.1 Å². The summed E-state index contributed by atoms with van der Waals surface area (Å²) < 4.78 is 6.90. The van der Waals surface area contributed by atoms with E-state index in [1.54, 1.807) is 30.1 Å². The van der Waals surface area contributed by atoms with Gasteiger partial charge in [-0.05, 0) is 30.7 Å². The van der Waals surface area contributed by atoms with Gasteiger partial charge in [0.2, 0.25) is 0 Å². The number of aromatic nitrogens is 2. The minimum Gasteiger partial charge on any atom is -0.496 e. The highest BCUT2D eigenvalue weighted by Crippen LogP contribution is 2.22. The Labute approximate surface area is 129 Å². The molecule has 0 radical (unpaired) electrons. The Morgan fingerprint density at radius 3 is 2.81 bits per heavy atom. The molecule has 5 heteroatoms. The molecule has 2 aromatic rings. The highest BCUT2D eigenvalue weighted by molar-refractivity contribution is 6.17. The van der Waals surface area contributed by atoms with Gasteiger partial charge in [-0.1, -0.05) is 12.1 Å². The van der Waals surface area contributed by atoms with E-state index in [2.05, 4.69) is 5.10 Å². The second-order valence-electron chi connectivity index (χ2n) is 4.67. The number of methoxy groups -OCH3 is 1. The van der Waals surface area contributed by atoms with Gasteiger partial charge in [0.1, 0.15) is 5.75 Å². The average molecular weight is 305 g/mol. The van der Waals surface area contributed by atoms with Crippen LogP contribution in [0.15, 0.2) is 30.5 Å². The summed E-state index contributed by atoms with van der Waals surface area (Å²) in [7, 11) is 3.42. The van der Waals surface area contributed by atoms with E-state index in [1.165, 1.54) is 0 Å². The first-order chi connectivity index (χ1) is 10.1. The number of rotatable bonds is 5. The van der Waals surface area contributed by atoms with Gasteiger partial charge in [0.25, 0.3) is 0 Å². The van der Waals surface area contributed by atoms with Crippen LogP contribution in [0.5, 0.6) is 5.75 Å². The zero-order valence-corrected chi connectivity index (χ0v) is 13.0. The quantitative estimate of drug-likeness (QED) is 0.483. The zero-order valence-electron chi connectivity index (χ0n) is 12.3. The normalized spacial score (nSPS) is 11.0. The number of hydrogen-bond acceptors (Lipinski definition) is 3. The average Bonchev–Trinajstić information content (AvgIpc) is 2.84. The van der Waals surface area contributed by atoms with Crippen LogP contribution in [0.3, 0.4) is 0 Å². The van der Waals surface area contributed by atoms with Gasteiger partial charge in [-0.25, -0.2) is 0 Å². The fourth-order valence-electron chi connectivity index (χ4n) is 2.01. The van der Waals surface area contributed by atoms with E-state index in [0.29, 0.717) is 11.4 Å². The molecule has 0 aliphatic heterocycles. The van der Waals surface area contributed by atoms with E-state index >= 15 is 0 Å². The summed E-state index contributed by atoms with van der Waals surface area (Å²) in [6.07, 6.45) is 4.90. The van der Waals surface area contributed by atoms with Crippen molar-refractivity contribution in [2.45, 2.75) is 12.8 Å². The molecule has 0 aliphatic carbocycles. The van der Waals surface area contributed by atoms with Gasteiger partial charge >= 0.3 is 0 Å². The second kappa shape index (κ2) is 6.59. The van der Waals surface area contributed by atoms with Gasteiger partial charge in [-0.15, -0.1) is 11.6 Å². The molecule has 1 aromatic heterocycles. The van der Waals surface area contributed by atoms with Crippen molar-refractivity contribution in [1.82, 2.24) is 9.78 Å². The van der Waals surface area contributed by atoms with E-state index in [1.807, 2.05) is 32.2 Å². The first-order valence-electron chi connectivity index (χ1n) is 6.50. The summed E-state index contributed by atoms with van der Waals surface area (Å²) >= 11 is 5.88. The van der Waals surface area contributed by atoms with Crippen molar-refractivity contribution in [3.05, 3.63) is 52.9 Å². The Balaban J connectivity index is 2.21. The second-order valence-corrected chi connectivity index (χ2v) is 4.94. The molecule has 0 saturated carbocycles. The minimum atomic E-state index is -0.0659. The van der Waals surface area contributed by atoms with Gasteiger partial charge in [0.05, 0.1) is 24.8 Å². The summed E-state index contributed by atoms with van der Waals surface area (Å²) in [5.74, 6) is 1.04.